The van der Waals surface area contributed by atoms with Crippen molar-refractivity contribution in [2.45, 2.75) is 59.4 Å². The summed E-state index contributed by atoms with van der Waals surface area (Å²) in [5.41, 5.74) is 13.6. The molecule has 1 fully saturated rings. The van der Waals surface area contributed by atoms with Gasteiger partial charge in [-0.1, -0.05) is 51.0 Å². The van der Waals surface area contributed by atoms with E-state index in [0.717, 1.165) is 24.2 Å². The van der Waals surface area contributed by atoms with Crippen LogP contribution in [0.4, 0.5) is 11.5 Å². The Hall–Kier alpha value is -2.33. The van der Waals surface area contributed by atoms with Crippen LogP contribution in [0.1, 0.15) is 68.2 Å². The van der Waals surface area contributed by atoms with Crippen LogP contribution in [0.5, 0.6) is 0 Å². The Balaban J connectivity index is 1.97. The molecule has 0 amide bonds. The Morgan fingerprint density at radius 1 is 1.20 bits per heavy atom. The van der Waals surface area contributed by atoms with Gasteiger partial charge < -0.3 is 11.1 Å². The maximum atomic E-state index is 6.17. The van der Waals surface area contributed by atoms with E-state index in [1.165, 1.54) is 61.0 Å². The Morgan fingerprint density at radius 2 is 1.93 bits per heavy atom. The molecule has 1 aromatic heterocycles. The maximum Gasteiger partial charge on any atom is 0.147 e. The summed E-state index contributed by atoms with van der Waals surface area (Å²) in [4.78, 5) is 6.89. The lowest BCUT2D eigenvalue weighted by Gasteiger charge is -2.21. The van der Waals surface area contributed by atoms with Crippen LogP contribution in [-0.2, 0) is 6.54 Å². The molecule has 1 aromatic carbocycles. The van der Waals surface area contributed by atoms with E-state index >= 15 is 0 Å². The number of hydrogen-bond acceptors (Lipinski definition) is 4. The van der Waals surface area contributed by atoms with Gasteiger partial charge in [0.05, 0.1) is 5.69 Å². The number of benzene rings is 1. The zero-order valence-corrected chi connectivity index (χ0v) is 19.2. The molecule has 1 atom stereocenters. The fraction of sp³-hybridized carbons (Fsp3) is 0.500. The first-order chi connectivity index (χ1) is 14.5. The van der Waals surface area contributed by atoms with Crippen LogP contribution in [-0.4, -0.2) is 30.0 Å². The molecule has 162 valence electrons. The number of nitrogens with one attached hydrogen (secondary N) is 1. The molecule has 30 heavy (non-hydrogen) atoms. The van der Waals surface area contributed by atoms with Crippen LogP contribution in [0.25, 0.3) is 11.6 Å². The van der Waals surface area contributed by atoms with Gasteiger partial charge in [-0.25, -0.2) is 4.98 Å². The van der Waals surface area contributed by atoms with Crippen molar-refractivity contribution in [3.05, 3.63) is 52.7 Å². The molecule has 1 aliphatic heterocycles. The van der Waals surface area contributed by atoms with Crippen LogP contribution < -0.4 is 11.1 Å². The summed E-state index contributed by atoms with van der Waals surface area (Å²) in [7, 11) is 1.91. The first kappa shape index (κ1) is 22.4. The fourth-order valence-corrected chi connectivity index (χ4v) is 4.35. The lowest BCUT2D eigenvalue weighted by molar-refractivity contribution is 0.277. The predicted molar refractivity (Wildman–Crippen MR) is 130 cm³/mol. The minimum absolute atomic E-state index is 0.424. The van der Waals surface area contributed by atoms with Crippen LogP contribution >= 0.6 is 0 Å². The number of nitrogens with zero attached hydrogens (tertiary/aromatic N) is 2. The molecule has 0 bridgehead atoms. The first-order valence-electron chi connectivity index (χ1n) is 11.5. The topological polar surface area (TPSA) is 54.2 Å². The largest absolute Gasteiger partial charge is 0.385 e. The van der Waals surface area contributed by atoms with Gasteiger partial charge in [0.15, 0.2) is 0 Å². The van der Waals surface area contributed by atoms with Crippen molar-refractivity contribution in [3.63, 3.8) is 0 Å². The van der Waals surface area contributed by atoms with Crippen molar-refractivity contribution < 1.29 is 0 Å². The van der Waals surface area contributed by atoms with Crippen molar-refractivity contribution in [2.75, 3.05) is 31.2 Å². The molecule has 3 N–H and O–H groups in total. The van der Waals surface area contributed by atoms with Crippen molar-refractivity contribution >= 4 is 23.2 Å². The Kier molecular flexibility index (Phi) is 7.92. The highest BCUT2D eigenvalue weighted by atomic mass is 15.1. The zero-order chi connectivity index (χ0) is 21.5. The second-order valence-corrected chi connectivity index (χ2v) is 8.66. The molecule has 4 nitrogen and oxygen atoms in total. The molecule has 4 heteroatoms. The van der Waals surface area contributed by atoms with Crippen molar-refractivity contribution in [3.8, 4) is 0 Å². The molecule has 1 saturated heterocycles. The molecule has 1 unspecified atom stereocenters. The van der Waals surface area contributed by atoms with Crippen LogP contribution in [0.15, 0.2) is 30.5 Å². The molecular weight excluding hydrogens is 368 g/mol. The molecule has 2 aromatic rings. The third kappa shape index (κ3) is 5.42. The normalized spacial score (nSPS) is 16.9. The zero-order valence-electron chi connectivity index (χ0n) is 19.2. The van der Waals surface area contributed by atoms with Gasteiger partial charge in [-0.15, -0.1) is 0 Å². The smallest absolute Gasteiger partial charge is 0.147 e. The van der Waals surface area contributed by atoms with Gasteiger partial charge in [0.1, 0.15) is 5.82 Å². The van der Waals surface area contributed by atoms with Gasteiger partial charge in [-0.05, 0) is 73.5 Å². The Bertz CT molecular complexity index is 863. The molecule has 1 aliphatic rings. The fourth-order valence-electron chi connectivity index (χ4n) is 4.35. The number of allylic oxidation sites excluding steroid dienone is 1. The summed E-state index contributed by atoms with van der Waals surface area (Å²) in [5.74, 6) is 0.975. The number of anilines is 2. The SMILES string of the molecule is CCC(C)/C(=C\c1cc(CN2CCCCCC2)ccc1C)c1ccnc(N)c1NC. The summed E-state index contributed by atoms with van der Waals surface area (Å²) in [6.45, 7) is 10.2. The third-order valence-corrected chi connectivity index (χ3v) is 6.44. The molecule has 3 rings (SSSR count). The van der Waals surface area contributed by atoms with E-state index in [9.17, 15) is 0 Å². The van der Waals surface area contributed by atoms with Gasteiger partial charge in [0.2, 0.25) is 0 Å². The summed E-state index contributed by atoms with van der Waals surface area (Å²) in [6.07, 6.45) is 10.7. The number of aromatic nitrogens is 1. The first-order valence-corrected chi connectivity index (χ1v) is 11.5. The highest BCUT2D eigenvalue weighted by Crippen LogP contribution is 2.35. The van der Waals surface area contributed by atoms with Crippen molar-refractivity contribution in [1.82, 2.24) is 9.88 Å². The van der Waals surface area contributed by atoms with Gasteiger partial charge >= 0.3 is 0 Å². The third-order valence-electron chi connectivity index (χ3n) is 6.44. The lowest BCUT2D eigenvalue weighted by atomic mass is 9.88. The summed E-state index contributed by atoms with van der Waals surface area (Å²) in [5, 5.41) is 3.26. The second kappa shape index (κ2) is 10.6. The van der Waals surface area contributed by atoms with Gasteiger partial charge in [-0.2, -0.15) is 0 Å². The molecule has 0 aliphatic carbocycles. The summed E-state index contributed by atoms with van der Waals surface area (Å²) >= 11 is 0. The number of likely N-dealkylation sites (tertiary alicyclic amines) is 1. The number of nitrogen functional groups attached to an aromatic ring is 1. The van der Waals surface area contributed by atoms with Crippen LogP contribution in [0.2, 0.25) is 0 Å². The quantitative estimate of drug-likeness (QED) is 0.594. The average molecular weight is 407 g/mol. The number of pyridine rings is 1. The standard InChI is InChI=1S/C26H38N4/c1-5-19(2)24(23-12-13-29-26(27)25(23)28-4)17-22-16-21(11-10-20(22)3)18-30-14-8-6-7-9-15-30/h10-13,16-17,19,28H,5-9,14-15,18H2,1-4H3,(H2,27,29)/b24-17+. The van der Waals surface area contributed by atoms with E-state index in [1.807, 2.05) is 13.2 Å². The molecule has 0 saturated carbocycles. The Morgan fingerprint density at radius 3 is 2.60 bits per heavy atom. The monoisotopic (exact) mass is 406 g/mol. The molecule has 0 radical (unpaired) electrons. The van der Waals surface area contributed by atoms with E-state index in [1.54, 1.807) is 0 Å². The van der Waals surface area contributed by atoms with Crippen LogP contribution in [0, 0.1) is 12.8 Å². The lowest BCUT2D eigenvalue weighted by Crippen LogP contribution is -2.23. The molecular formula is C26H38N4. The highest BCUT2D eigenvalue weighted by Gasteiger charge is 2.16. The predicted octanol–water partition coefficient (Wildman–Crippen LogP) is 5.98. The number of aryl methyl sites for hydroxylation is 1. The number of rotatable bonds is 7. The van der Waals surface area contributed by atoms with Gasteiger partial charge in [-0.3, -0.25) is 4.90 Å². The van der Waals surface area contributed by atoms with E-state index in [-0.39, 0.29) is 0 Å². The van der Waals surface area contributed by atoms with E-state index in [4.69, 9.17) is 5.73 Å². The molecule has 0 spiro atoms. The minimum Gasteiger partial charge on any atom is -0.385 e. The number of nitrogens with two attached hydrogens (primary N) is 1. The maximum absolute atomic E-state index is 6.17. The Labute approximate surface area is 182 Å². The number of hydrogen-bond donors (Lipinski definition) is 2. The second-order valence-electron chi connectivity index (χ2n) is 8.66. The van der Waals surface area contributed by atoms with Crippen molar-refractivity contribution in [1.29, 1.82) is 0 Å². The van der Waals surface area contributed by atoms with E-state index in [0.29, 0.717) is 11.7 Å². The van der Waals surface area contributed by atoms with Gasteiger partial charge in [0, 0.05) is 25.4 Å². The summed E-state index contributed by atoms with van der Waals surface area (Å²) in [6, 6.07) is 9.03. The van der Waals surface area contributed by atoms with E-state index in [2.05, 4.69) is 66.3 Å². The van der Waals surface area contributed by atoms with Crippen molar-refractivity contribution in [2.24, 2.45) is 5.92 Å². The van der Waals surface area contributed by atoms with Gasteiger partial charge in [0.25, 0.3) is 0 Å². The van der Waals surface area contributed by atoms with Crippen LogP contribution in [0.3, 0.4) is 0 Å². The molecule has 2 heterocycles. The highest BCUT2D eigenvalue weighted by molar-refractivity contribution is 5.90. The minimum atomic E-state index is 0.424. The summed E-state index contributed by atoms with van der Waals surface area (Å²) < 4.78 is 0. The van der Waals surface area contributed by atoms with E-state index < -0.39 is 0 Å². The average Bonchev–Trinajstić information content (AvgIpc) is 3.02.